The van der Waals surface area contributed by atoms with Gasteiger partial charge in [-0.15, -0.1) is 0 Å². The van der Waals surface area contributed by atoms with E-state index in [1.807, 2.05) is 38.2 Å². The van der Waals surface area contributed by atoms with Gasteiger partial charge in [-0.2, -0.15) is 31.4 Å². The molecule has 1 aliphatic rings. The lowest BCUT2D eigenvalue weighted by Crippen LogP contribution is -2.45. The Bertz CT molecular complexity index is 1200. The summed E-state index contributed by atoms with van der Waals surface area (Å²) in [4.78, 5) is 45.5. The summed E-state index contributed by atoms with van der Waals surface area (Å²) in [7, 11) is 0. The third-order valence-electron chi connectivity index (χ3n) is 5.43. The van der Waals surface area contributed by atoms with Gasteiger partial charge in [-0.05, 0) is 48.9 Å². The molecule has 1 aromatic heterocycles. The number of aromatic nitrogens is 2. The van der Waals surface area contributed by atoms with Gasteiger partial charge in [0.05, 0.1) is 11.6 Å². The van der Waals surface area contributed by atoms with E-state index < -0.39 is 54.7 Å². The predicted octanol–water partition coefficient (Wildman–Crippen LogP) is 4.32. The Morgan fingerprint density at radius 2 is 1.59 bits per heavy atom. The van der Waals surface area contributed by atoms with E-state index in [1.165, 1.54) is 4.90 Å². The van der Waals surface area contributed by atoms with Crippen LogP contribution in [0.25, 0.3) is 10.9 Å². The van der Waals surface area contributed by atoms with E-state index in [4.69, 9.17) is 0 Å². The molecule has 1 saturated heterocycles. The minimum atomic E-state index is -4.67. The van der Waals surface area contributed by atoms with Crippen LogP contribution in [0.4, 0.5) is 26.3 Å². The summed E-state index contributed by atoms with van der Waals surface area (Å²) in [6.45, 7) is 1.34. The van der Waals surface area contributed by atoms with E-state index in [0.29, 0.717) is 6.42 Å². The van der Waals surface area contributed by atoms with Gasteiger partial charge in [0.25, 0.3) is 0 Å². The number of nitrogens with zero attached hydrogens (tertiary/aromatic N) is 3. The van der Waals surface area contributed by atoms with Crippen LogP contribution in [0.2, 0.25) is 0 Å². The van der Waals surface area contributed by atoms with Crippen molar-refractivity contribution in [1.82, 2.24) is 14.7 Å². The van der Waals surface area contributed by atoms with Gasteiger partial charge in [-0.1, -0.05) is 19.1 Å². The van der Waals surface area contributed by atoms with E-state index in [9.17, 15) is 45.5 Å². The molecular weight excluding hydrogens is 564 g/mol. The largest absolute Gasteiger partial charge is 0.449 e. The molecule has 216 valence electrons. The van der Waals surface area contributed by atoms with Crippen LogP contribution in [0, 0.1) is 5.92 Å². The van der Waals surface area contributed by atoms with E-state index in [1.54, 1.807) is 4.68 Å². The van der Waals surface area contributed by atoms with Crippen LogP contribution < -0.4 is 0 Å². The molecule has 1 amide bonds. The van der Waals surface area contributed by atoms with Crippen LogP contribution in [-0.2, 0) is 35.2 Å². The second kappa shape index (κ2) is 13.1. The molecule has 0 saturated carbocycles. The number of piperidine rings is 1. The first-order chi connectivity index (χ1) is 18.0. The van der Waals surface area contributed by atoms with Crippen LogP contribution in [0.1, 0.15) is 38.3 Å². The van der Waals surface area contributed by atoms with Gasteiger partial charge in [0, 0.05) is 24.7 Å². The van der Waals surface area contributed by atoms with E-state index in [-0.39, 0.29) is 12.5 Å². The molecule has 0 spiro atoms. The second-order valence-electron chi connectivity index (χ2n) is 8.62. The van der Waals surface area contributed by atoms with Crippen molar-refractivity contribution in [3.63, 3.8) is 0 Å². The van der Waals surface area contributed by atoms with Gasteiger partial charge in [-0.25, -0.2) is 9.59 Å². The molecule has 2 heterocycles. The topological polar surface area (TPSA) is 108 Å². The van der Waals surface area contributed by atoms with E-state index in [2.05, 4.69) is 26.2 Å². The van der Waals surface area contributed by atoms with Crippen LogP contribution in [-0.4, -0.2) is 69.9 Å². The van der Waals surface area contributed by atoms with Gasteiger partial charge >= 0.3 is 35.4 Å². The van der Waals surface area contributed by atoms with E-state index in [0.717, 1.165) is 29.4 Å². The van der Waals surface area contributed by atoms with Gasteiger partial charge < -0.3 is 14.4 Å². The second-order valence-corrected chi connectivity index (χ2v) is 8.96. The molecular formula is C23H24ClF6N3O6. The SMILES string of the molecule is CCn1cc2ccc(C3CCC(C)CN3C(=O)C(=O)OCC(F)(F)F)cc2n1.O=C(Cl)C(=O)OCC(F)(F)F. The average molecular weight is 588 g/mol. The lowest BCUT2D eigenvalue weighted by atomic mass is 9.89. The number of hydrogen-bond acceptors (Lipinski definition) is 7. The van der Waals surface area contributed by atoms with Gasteiger partial charge in [-0.3, -0.25) is 14.3 Å². The number of amides is 1. The molecule has 0 bridgehead atoms. The lowest BCUT2D eigenvalue weighted by Gasteiger charge is -2.38. The number of hydrogen-bond donors (Lipinski definition) is 0. The molecule has 0 aliphatic carbocycles. The Morgan fingerprint density at radius 3 is 2.13 bits per heavy atom. The first-order valence-corrected chi connectivity index (χ1v) is 11.8. The quantitative estimate of drug-likeness (QED) is 0.222. The van der Waals surface area contributed by atoms with Crippen molar-refractivity contribution in [1.29, 1.82) is 0 Å². The van der Waals surface area contributed by atoms with Crippen molar-refractivity contribution in [3.05, 3.63) is 30.0 Å². The summed E-state index contributed by atoms with van der Waals surface area (Å²) in [5.74, 6) is -4.09. The van der Waals surface area contributed by atoms with Crippen LogP contribution >= 0.6 is 11.6 Å². The average Bonchev–Trinajstić information content (AvgIpc) is 3.27. The van der Waals surface area contributed by atoms with Crippen molar-refractivity contribution < 1.29 is 55.0 Å². The fourth-order valence-corrected chi connectivity index (χ4v) is 3.76. The molecule has 1 fully saturated rings. The normalized spacial score (nSPS) is 17.7. The number of likely N-dealkylation sites (tertiary alicyclic amines) is 1. The number of alkyl halides is 6. The number of aryl methyl sites for hydroxylation is 1. The van der Waals surface area contributed by atoms with Crippen molar-refractivity contribution >= 4 is 45.6 Å². The molecule has 1 aliphatic heterocycles. The smallest absolute Gasteiger partial charge is 0.422 e. The Labute approximate surface area is 222 Å². The van der Waals surface area contributed by atoms with Gasteiger partial charge in [0.15, 0.2) is 13.2 Å². The van der Waals surface area contributed by atoms with Crippen molar-refractivity contribution in [2.45, 2.75) is 51.6 Å². The van der Waals surface area contributed by atoms with Crippen LogP contribution in [0.3, 0.4) is 0 Å². The number of carbonyl (C=O) groups is 4. The van der Waals surface area contributed by atoms with Crippen LogP contribution in [0.5, 0.6) is 0 Å². The zero-order valence-corrected chi connectivity index (χ0v) is 21.4. The molecule has 3 rings (SSSR count). The maximum absolute atomic E-state index is 12.5. The Morgan fingerprint density at radius 1 is 1.00 bits per heavy atom. The van der Waals surface area contributed by atoms with Crippen molar-refractivity contribution in [3.8, 4) is 0 Å². The number of carbonyl (C=O) groups excluding carboxylic acids is 4. The molecule has 0 N–H and O–H groups in total. The first-order valence-electron chi connectivity index (χ1n) is 11.5. The highest BCUT2D eigenvalue weighted by Gasteiger charge is 2.37. The summed E-state index contributed by atoms with van der Waals surface area (Å²) in [6.07, 6.45) is -5.94. The summed E-state index contributed by atoms with van der Waals surface area (Å²) in [5, 5.41) is 3.84. The highest BCUT2D eigenvalue weighted by atomic mass is 35.5. The Kier molecular flexibility index (Phi) is 10.7. The predicted molar refractivity (Wildman–Crippen MR) is 123 cm³/mol. The highest BCUT2D eigenvalue weighted by molar-refractivity contribution is 6.80. The fraction of sp³-hybridized carbons (Fsp3) is 0.522. The number of benzene rings is 1. The summed E-state index contributed by atoms with van der Waals surface area (Å²) >= 11 is 4.48. The monoisotopic (exact) mass is 587 g/mol. The summed E-state index contributed by atoms with van der Waals surface area (Å²) in [5.41, 5.74) is 1.57. The molecule has 2 atom stereocenters. The zero-order valence-electron chi connectivity index (χ0n) is 20.6. The maximum atomic E-state index is 12.5. The number of rotatable bonds is 5. The summed E-state index contributed by atoms with van der Waals surface area (Å²) in [6, 6.07) is 5.22. The minimum absolute atomic E-state index is 0.138. The Balaban J connectivity index is 0.000000411. The molecule has 16 heteroatoms. The molecule has 2 unspecified atom stereocenters. The highest BCUT2D eigenvalue weighted by Crippen LogP contribution is 2.34. The number of fused-ring (bicyclic) bond motifs is 1. The first kappa shape index (κ1) is 31.9. The zero-order chi connectivity index (χ0) is 29.5. The summed E-state index contributed by atoms with van der Waals surface area (Å²) < 4.78 is 80.0. The fourth-order valence-electron chi connectivity index (χ4n) is 3.71. The number of ether oxygens (including phenoxy) is 2. The van der Waals surface area contributed by atoms with E-state index >= 15 is 0 Å². The Hall–Kier alpha value is -3.36. The third kappa shape index (κ3) is 10.0. The van der Waals surface area contributed by atoms with Crippen molar-refractivity contribution in [2.75, 3.05) is 19.8 Å². The maximum Gasteiger partial charge on any atom is 0.422 e. The lowest BCUT2D eigenvalue weighted by molar-refractivity contribution is -0.190. The molecule has 0 radical (unpaired) electrons. The number of esters is 2. The van der Waals surface area contributed by atoms with Gasteiger partial charge in [0.2, 0.25) is 0 Å². The molecule has 2 aromatic rings. The van der Waals surface area contributed by atoms with Gasteiger partial charge in [0.1, 0.15) is 0 Å². The van der Waals surface area contributed by atoms with Crippen LogP contribution in [0.15, 0.2) is 24.4 Å². The van der Waals surface area contributed by atoms with Crippen molar-refractivity contribution in [2.24, 2.45) is 5.92 Å². The number of halogens is 7. The standard InChI is InChI=1S/C19H22F3N3O3.C4H2ClF3O3/c1-3-24-10-14-6-5-13(8-15(14)23-24)16-7-4-12(2)9-25(16)17(26)18(27)28-11-19(20,21)22;5-2(9)3(10)11-1-4(6,7)8/h5-6,8,10,12,16H,3-4,7,9,11H2,1-2H3;1H2. The molecule has 1 aromatic carbocycles. The molecule has 9 nitrogen and oxygen atoms in total. The molecule has 39 heavy (non-hydrogen) atoms. The third-order valence-corrected chi connectivity index (χ3v) is 5.59. The minimum Gasteiger partial charge on any atom is -0.449 e.